The Kier molecular flexibility index (Phi) is 6.04. The van der Waals surface area contributed by atoms with Crippen LogP contribution in [0.3, 0.4) is 0 Å². The molecule has 0 unspecified atom stereocenters. The predicted molar refractivity (Wildman–Crippen MR) is 110 cm³/mol. The van der Waals surface area contributed by atoms with Gasteiger partial charge in [0.2, 0.25) is 0 Å². The minimum Gasteiger partial charge on any atom is -0.370 e. The van der Waals surface area contributed by atoms with Crippen molar-refractivity contribution >= 4 is 50.5 Å². The number of halogens is 1. The molecular weight excluding hydrogens is 398 g/mol. The van der Waals surface area contributed by atoms with Gasteiger partial charge in [0, 0.05) is 17.6 Å². The summed E-state index contributed by atoms with van der Waals surface area (Å²) in [4.78, 5) is 14.7. The summed E-state index contributed by atoms with van der Waals surface area (Å²) < 4.78 is 0.740. The highest BCUT2D eigenvalue weighted by molar-refractivity contribution is 9.10. The van der Waals surface area contributed by atoms with Gasteiger partial charge >= 0.3 is 0 Å². The molecule has 1 saturated heterocycles. The maximum absolute atomic E-state index is 12.4. The average Bonchev–Trinajstić information content (AvgIpc) is 2.63. The normalized spacial score (nSPS) is 14.0. The third-order valence-corrected chi connectivity index (χ3v) is 5.09. The van der Waals surface area contributed by atoms with E-state index >= 15 is 0 Å². The van der Waals surface area contributed by atoms with E-state index in [0.29, 0.717) is 10.7 Å². The number of hydrogen-bond donors (Lipinski definition) is 2. The van der Waals surface area contributed by atoms with Crippen LogP contribution in [0.2, 0.25) is 0 Å². The molecule has 2 aromatic carbocycles. The molecule has 130 valence electrons. The summed E-state index contributed by atoms with van der Waals surface area (Å²) in [5.41, 5.74) is 2.59. The van der Waals surface area contributed by atoms with Gasteiger partial charge in [0.25, 0.3) is 5.91 Å². The summed E-state index contributed by atoms with van der Waals surface area (Å²) in [7, 11) is 0. The first-order valence-corrected chi connectivity index (χ1v) is 9.56. The largest absolute Gasteiger partial charge is 0.370 e. The van der Waals surface area contributed by atoms with Crippen molar-refractivity contribution in [1.29, 1.82) is 0 Å². The highest BCUT2D eigenvalue weighted by Crippen LogP contribution is 2.28. The van der Waals surface area contributed by atoms with Crippen LogP contribution in [-0.2, 0) is 0 Å². The SMILES string of the molecule is O=C(NC(=S)Nc1ccccc1N1CCCCC1)c1ccccc1Br. The monoisotopic (exact) mass is 417 g/mol. The second kappa shape index (κ2) is 8.45. The van der Waals surface area contributed by atoms with E-state index in [1.54, 1.807) is 6.07 Å². The Bertz CT molecular complexity index is 775. The van der Waals surface area contributed by atoms with E-state index in [2.05, 4.69) is 37.5 Å². The van der Waals surface area contributed by atoms with Crippen LogP contribution in [0.15, 0.2) is 53.0 Å². The van der Waals surface area contributed by atoms with Gasteiger partial charge in [-0.3, -0.25) is 10.1 Å². The van der Waals surface area contributed by atoms with Crippen LogP contribution in [0.1, 0.15) is 29.6 Å². The predicted octanol–water partition coefficient (Wildman–Crippen LogP) is 4.57. The Morgan fingerprint density at radius 1 is 1.00 bits per heavy atom. The molecule has 1 amide bonds. The van der Waals surface area contributed by atoms with E-state index in [4.69, 9.17) is 12.2 Å². The standard InChI is InChI=1S/C19H20BrN3OS/c20-15-9-3-2-8-14(15)18(24)22-19(25)21-16-10-4-5-11-17(16)23-12-6-1-7-13-23/h2-5,8-11H,1,6-7,12-13H2,(H2,21,22,24,25). The van der Waals surface area contributed by atoms with Gasteiger partial charge in [-0.2, -0.15) is 0 Å². The van der Waals surface area contributed by atoms with Crippen molar-refractivity contribution in [1.82, 2.24) is 5.32 Å². The lowest BCUT2D eigenvalue weighted by molar-refractivity contribution is 0.0977. The van der Waals surface area contributed by atoms with Crippen molar-refractivity contribution in [3.8, 4) is 0 Å². The molecule has 6 heteroatoms. The van der Waals surface area contributed by atoms with E-state index in [1.165, 1.54) is 19.3 Å². The summed E-state index contributed by atoms with van der Waals surface area (Å²) in [5, 5.41) is 6.22. The van der Waals surface area contributed by atoms with E-state index < -0.39 is 0 Å². The number of carbonyl (C=O) groups excluding carboxylic acids is 1. The van der Waals surface area contributed by atoms with Gasteiger partial charge in [0.15, 0.2) is 5.11 Å². The first kappa shape index (κ1) is 17.9. The van der Waals surface area contributed by atoms with Gasteiger partial charge in [0.1, 0.15) is 0 Å². The van der Waals surface area contributed by atoms with Crippen LogP contribution in [0.5, 0.6) is 0 Å². The molecule has 2 N–H and O–H groups in total. The van der Waals surface area contributed by atoms with Crippen molar-refractivity contribution in [2.75, 3.05) is 23.3 Å². The zero-order valence-corrected chi connectivity index (χ0v) is 16.2. The second-order valence-corrected chi connectivity index (χ2v) is 7.22. The fraction of sp³-hybridized carbons (Fsp3) is 0.263. The number of para-hydroxylation sites is 2. The van der Waals surface area contributed by atoms with Gasteiger partial charge in [0.05, 0.1) is 16.9 Å². The summed E-state index contributed by atoms with van der Waals surface area (Å²) in [6.07, 6.45) is 3.70. The van der Waals surface area contributed by atoms with Gasteiger partial charge in [-0.15, -0.1) is 0 Å². The smallest absolute Gasteiger partial charge is 0.258 e. The molecule has 0 spiro atoms. The molecule has 4 nitrogen and oxygen atoms in total. The fourth-order valence-corrected chi connectivity index (χ4v) is 3.63. The molecule has 1 fully saturated rings. The molecule has 1 aliphatic rings. The molecule has 1 heterocycles. The average molecular weight is 418 g/mol. The van der Waals surface area contributed by atoms with Gasteiger partial charge in [-0.25, -0.2) is 0 Å². The van der Waals surface area contributed by atoms with Crippen molar-refractivity contribution in [2.45, 2.75) is 19.3 Å². The Morgan fingerprint density at radius 3 is 2.44 bits per heavy atom. The summed E-state index contributed by atoms with van der Waals surface area (Å²) >= 11 is 8.73. The van der Waals surface area contributed by atoms with Crippen molar-refractivity contribution in [3.63, 3.8) is 0 Å². The highest BCUT2D eigenvalue weighted by atomic mass is 79.9. The zero-order chi connectivity index (χ0) is 17.6. The molecule has 0 aliphatic carbocycles. The topological polar surface area (TPSA) is 44.4 Å². The van der Waals surface area contributed by atoms with Crippen molar-refractivity contribution < 1.29 is 4.79 Å². The minimum absolute atomic E-state index is 0.236. The van der Waals surface area contributed by atoms with Crippen LogP contribution in [0.4, 0.5) is 11.4 Å². The number of benzene rings is 2. The molecule has 0 radical (unpaired) electrons. The van der Waals surface area contributed by atoms with Gasteiger partial charge in [-0.05, 0) is 71.7 Å². The van der Waals surface area contributed by atoms with Gasteiger partial charge in [-0.1, -0.05) is 24.3 Å². The number of hydrogen-bond acceptors (Lipinski definition) is 3. The van der Waals surface area contributed by atoms with Gasteiger partial charge < -0.3 is 10.2 Å². The Balaban J connectivity index is 1.69. The molecule has 2 aromatic rings. The third kappa shape index (κ3) is 4.58. The number of carbonyl (C=O) groups is 1. The summed E-state index contributed by atoms with van der Waals surface area (Å²) in [5.74, 6) is -0.236. The number of nitrogens with zero attached hydrogens (tertiary/aromatic N) is 1. The van der Waals surface area contributed by atoms with Crippen LogP contribution in [0, 0.1) is 0 Å². The number of amides is 1. The minimum atomic E-state index is -0.236. The van der Waals surface area contributed by atoms with Crippen LogP contribution in [0.25, 0.3) is 0 Å². The molecule has 0 saturated carbocycles. The van der Waals surface area contributed by atoms with E-state index in [-0.39, 0.29) is 5.91 Å². The van der Waals surface area contributed by atoms with E-state index in [9.17, 15) is 4.79 Å². The number of nitrogens with one attached hydrogen (secondary N) is 2. The number of piperidine rings is 1. The Hall–Kier alpha value is -1.92. The first-order chi connectivity index (χ1) is 12.1. The zero-order valence-electron chi connectivity index (χ0n) is 13.8. The molecule has 1 aliphatic heterocycles. The molecule has 0 atom stereocenters. The van der Waals surface area contributed by atoms with Crippen LogP contribution < -0.4 is 15.5 Å². The molecule has 25 heavy (non-hydrogen) atoms. The number of rotatable bonds is 3. The number of anilines is 2. The second-order valence-electron chi connectivity index (χ2n) is 5.95. The molecule has 3 rings (SSSR count). The maximum Gasteiger partial charge on any atom is 0.258 e. The van der Waals surface area contributed by atoms with Crippen LogP contribution >= 0.6 is 28.1 Å². The quantitative estimate of drug-likeness (QED) is 0.717. The van der Waals surface area contributed by atoms with Crippen LogP contribution in [-0.4, -0.2) is 24.1 Å². The van der Waals surface area contributed by atoms with Crippen molar-refractivity contribution in [2.24, 2.45) is 0 Å². The number of thiocarbonyl (C=S) groups is 1. The molecule has 0 bridgehead atoms. The maximum atomic E-state index is 12.4. The fourth-order valence-electron chi connectivity index (χ4n) is 2.96. The lowest BCUT2D eigenvalue weighted by Crippen LogP contribution is -2.35. The van der Waals surface area contributed by atoms with Crippen molar-refractivity contribution in [3.05, 3.63) is 58.6 Å². The molecule has 0 aromatic heterocycles. The highest BCUT2D eigenvalue weighted by Gasteiger charge is 2.16. The molecular formula is C19H20BrN3OS. The van der Waals surface area contributed by atoms with E-state index in [0.717, 1.165) is 28.9 Å². The van der Waals surface area contributed by atoms with E-state index in [1.807, 2.05) is 36.4 Å². The summed E-state index contributed by atoms with van der Waals surface area (Å²) in [6.45, 7) is 2.10. The summed E-state index contributed by atoms with van der Waals surface area (Å²) in [6, 6.07) is 15.3. The lowest BCUT2D eigenvalue weighted by atomic mass is 10.1. The third-order valence-electron chi connectivity index (χ3n) is 4.19. The first-order valence-electron chi connectivity index (χ1n) is 8.36. The Labute approximate surface area is 161 Å². The lowest BCUT2D eigenvalue weighted by Gasteiger charge is -2.30. The Morgan fingerprint density at radius 2 is 1.68 bits per heavy atom.